The van der Waals surface area contributed by atoms with Crippen molar-refractivity contribution in [2.24, 2.45) is 0 Å². The van der Waals surface area contributed by atoms with E-state index in [0.717, 1.165) is 0 Å². The molecule has 0 aliphatic carbocycles. The van der Waals surface area contributed by atoms with E-state index in [2.05, 4.69) is 0 Å². The van der Waals surface area contributed by atoms with Crippen LogP contribution in [0.15, 0.2) is 89.8 Å². The molecule has 0 aliphatic heterocycles. The number of rotatable bonds is 8. The number of carbonyl (C=O) groups excluding carboxylic acids is 1. The Kier molecular flexibility index (Phi) is 6.51. The van der Waals surface area contributed by atoms with Gasteiger partial charge in [-0.2, -0.15) is 0 Å². The predicted molar refractivity (Wildman–Crippen MR) is 111 cm³/mol. The fourth-order valence-electron chi connectivity index (χ4n) is 2.61. The Morgan fingerprint density at radius 2 is 1.52 bits per heavy atom. The van der Waals surface area contributed by atoms with Crippen LogP contribution in [-0.4, -0.2) is 34.6 Å². The fraction of sp³-hybridized carbons (Fsp3) is 0.136. The van der Waals surface area contributed by atoms with Gasteiger partial charge in [-0.3, -0.25) is 4.31 Å². The van der Waals surface area contributed by atoms with Gasteiger partial charge < -0.3 is 9.47 Å². The summed E-state index contributed by atoms with van der Waals surface area (Å²) in [6, 6.07) is 23.7. The molecule has 0 aliphatic rings. The second-order valence-electron chi connectivity index (χ2n) is 6.13. The summed E-state index contributed by atoms with van der Waals surface area (Å²) in [7, 11) is -2.34. The quantitative estimate of drug-likeness (QED) is 0.417. The lowest BCUT2D eigenvalue weighted by atomic mass is 10.2. The summed E-state index contributed by atoms with van der Waals surface area (Å²) in [4.78, 5) is 12.3. The number of ether oxygens (including phenoxy) is 2. The molecule has 0 aromatic heterocycles. The highest BCUT2D eigenvalue weighted by Gasteiger charge is 2.22. The van der Waals surface area contributed by atoms with Gasteiger partial charge in [0, 0.05) is 7.05 Å². The Balaban J connectivity index is 1.64. The molecule has 7 heteroatoms. The first-order chi connectivity index (χ1) is 14.0. The Hall–Kier alpha value is -3.32. The summed E-state index contributed by atoms with van der Waals surface area (Å²) < 4.78 is 37.6. The van der Waals surface area contributed by atoms with Gasteiger partial charge in [0.25, 0.3) is 10.0 Å². The van der Waals surface area contributed by atoms with E-state index < -0.39 is 16.0 Å². The largest absolute Gasteiger partial charge is 0.490 e. The average Bonchev–Trinajstić information content (AvgIpc) is 2.77. The third kappa shape index (κ3) is 5.14. The second-order valence-corrected chi connectivity index (χ2v) is 8.10. The smallest absolute Gasteiger partial charge is 0.338 e. The SMILES string of the molecule is CN(c1ccccc1)S(=O)(=O)c1cccc(C(=O)OCCOc2ccccc2)c1. The molecule has 0 atom stereocenters. The number of para-hydroxylation sites is 2. The topological polar surface area (TPSA) is 72.9 Å². The summed E-state index contributed by atoms with van der Waals surface area (Å²) in [6.45, 7) is 0.249. The van der Waals surface area contributed by atoms with E-state index in [-0.39, 0.29) is 23.7 Å². The van der Waals surface area contributed by atoms with Crippen molar-refractivity contribution in [3.8, 4) is 5.75 Å². The molecule has 0 amide bonds. The van der Waals surface area contributed by atoms with Crippen LogP contribution in [0.1, 0.15) is 10.4 Å². The van der Waals surface area contributed by atoms with E-state index in [1.54, 1.807) is 36.4 Å². The molecule has 29 heavy (non-hydrogen) atoms. The van der Waals surface area contributed by atoms with Crippen LogP contribution in [-0.2, 0) is 14.8 Å². The van der Waals surface area contributed by atoms with Gasteiger partial charge in [0.15, 0.2) is 0 Å². The zero-order valence-electron chi connectivity index (χ0n) is 15.9. The highest BCUT2D eigenvalue weighted by Crippen LogP contribution is 2.22. The highest BCUT2D eigenvalue weighted by atomic mass is 32.2. The summed E-state index contributed by atoms with van der Waals surface area (Å²) in [5.41, 5.74) is 0.686. The Morgan fingerprint density at radius 3 is 2.21 bits per heavy atom. The summed E-state index contributed by atoms with van der Waals surface area (Å²) in [5.74, 6) is 0.0710. The molecule has 3 aromatic rings. The van der Waals surface area contributed by atoms with Crippen molar-refractivity contribution in [3.63, 3.8) is 0 Å². The number of hydrogen-bond acceptors (Lipinski definition) is 5. The van der Waals surface area contributed by atoms with Gasteiger partial charge in [0.1, 0.15) is 19.0 Å². The number of benzene rings is 3. The van der Waals surface area contributed by atoms with Gasteiger partial charge in [-0.25, -0.2) is 13.2 Å². The third-order valence-corrected chi connectivity index (χ3v) is 5.96. The number of hydrogen-bond donors (Lipinski definition) is 0. The molecule has 0 saturated heterocycles. The minimum absolute atomic E-state index is 0.0128. The molecule has 0 spiro atoms. The first-order valence-electron chi connectivity index (χ1n) is 8.97. The van der Waals surface area contributed by atoms with Gasteiger partial charge >= 0.3 is 5.97 Å². The zero-order valence-corrected chi connectivity index (χ0v) is 16.7. The van der Waals surface area contributed by atoms with Gasteiger partial charge in [0.2, 0.25) is 0 Å². The summed E-state index contributed by atoms with van der Waals surface area (Å²) in [5, 5.41) is 0. The van der Waals surface area contributed by atoms with E-state index in [1.807, 2.05) is 24.3 Å². The van der Waals surface area contributed by atoms with Crippen molar-refractivity contribution in [2.45, 2.75) is 4.90 Å². The molecule has 0 heterocycles. The van der Waals surface area contributed by atoms with Gasteiger partial charge in [-0.15, -0.1) is 0 Å². The summed E-state index contributed by atoms with van der Waals surface area (Å²) in [6.07, 6.45) is 0. The van der Waals surface area contributed by atoms with Crippen molar-refractivity contribution >= 4 is 21.7 Å². The predicted octanol–water partition coefficient (Wildman–Crippen LogP) is 3.75. The van der Waals surface area contributed by atoms with Crippen LogP contribution in [0.3, 0.4) is 0 Å². The molecule has 3 aromatic carbocycles. The average molecular weight is 411 g/mol. The number of esters is 1. The minimum atomic E-state index is -3.81. The van der Waals surface area contributed by atoms with E-state index in [1.165, 1.54) is 35.6 Å². The van der Waals surface area contributed by atoms with E-state index in [4.69, 9.17) is 9.47 Å². The molecule has 0 fully saturated rings. The van der Waals surface area contributed by atoms with Crippen LogP contribution in [0.2, 0.25) is 0 Å². The standard InChI is InChI=1S/C22H21NO5S/c1-23(19-10-4-2-5-11-19)29(25,26)21-14-8-9-18(17-21)22(24)28-16-15-27-20-12-6-3-7-13-20/h2-14,17H,15-16H2,1H3. The lowest BCUT2D eigenvalue weighted by molar-refractivity contribution is 0.0450. The molecule has 6 nitrogen and oxygen atoms in total. The van der Waals surface area contributed by atoms with Gasteiger partial charge in [-0.05, 0) is 42.5 Å². The lowest BCUT2D eigenvalue weighted by Gasteiger charge is -2.19. The summed E-state index contributed by atoms with van der Waals surface area (Å²) >= 11 is 0. The van der Waals surface area contributed by atoms with Crippen molar-refractivity contribution in [3.05, 3.63) is 90.5 Å². The Morgan fingerprint density at radius 1 is 0.862 bits per heavy atom. The first-order valence-corrected chi connectivity index (χ1v) is 10.4. The number of anilines is 1. The van der Waals surface area contributed by atoms with Crippen molar-refractivity contribution in [1.29, 1.82) is 0 Å². The van der Waals surface area contributed by atoms with Crippen LogP contribution in [0.5, 0.6) is 5.75 Å². The monoisotopic (exact) mass is 411 g/mol. The molecule has 0 radical (unpaired) electrons. The van der Waals surface area contributed by atoms with Crippen LogP contribution < -0.4 is 9.04 Å². The molecular formula is C22H21NO5S. The molecule has 0 saturated carbocycles. The fourth-order valence-corrected chi connectivity index (χ4v) is 3.85. The zero-order chi connectivity index (χ0) is 20.7. The molecule has 0 N–H and O–H groups in total. The Bertz CT molecular complexity index is 1050. The van der Waals surface area contributed by atoms with Crippen molar-refractivity contribution in [2.75, 3.05) is 24.6 Å². The molecule has 0 unspecified atom stereocenters. The van der Waals surface area contributed by atoms with Gasteiger partial charge in [-0.1, -0.05) is 42.5 Å². The molecule has 0 bridgehead atoms. The molecule has 3 rings (SSSR count). The van der Waals surface area contributed by atoms with Crippen molar-refractivity contribution < 1.29 is 22.7 Å². The number of sulfonamides is 1. The van der Waals surface area contributed by atoms with Crippen LogP contribution in [0.4, 0.5) is 5.69 Å². The molecular weight excluding hydrogens is 390 g/mol. The maximum absolute atomic E-state index is 12.9. The maximum Gasteiger partial charge on any atom is 0.338 e. The normalized spacial score (nSPS) is 10.9. The van der Waals surface area contributed by atoms with Gasteiger partial charge in [0.05, 0.1) is 16.1 Å². The van der Waals surface area contributed by atoms with Crippen molar-refractivity contribution in [1.82, 2.24) is 0 Å². The van der Waals surface area contributed by atoms with E-state index >= 15 is 0 Å². The Labute approximate surface area is 170 Å². The highest BCUT2D eigenvalue weighted by molar-refractivity contribution is 7.92. The van der Waals surface area contributed by atoms with Crippen LogP contribution in [0.25, 0.3) is 0 Å². The van der Waals surface area contributed by atoms with E-state index in [9.17, 15) is 13.2 Å². The lowest BCUT2D eigenvalue weighted by Crippen LogP contribution is -2.26. The first kappa shape index (κ1) is 20.4. The van der Waals surface area contributed by atoms with Crippen LogP contribution >= 0.6 is 0 Å². The number of nitrogens with zero attached hydrogens (tertiary/aromatic N) is 1. The number of carbonyl (C=O) groups is 1. The van der Waals surface area contributed by atoms with Crippen LogP contribution in [0, 0.1) is 0 Å². The maximum atomic E-state index is 12.9. The van der Waals surface area contributed by atoms with E-state index in [0.29, 0.717) is 11.4 Å². The second kappa shape index (κ2) is 9.25. The molecule has 150 valence electrons. The minimum Gasteiger partial charge on any atom is -0.490 e. The third-order valence-electron chi connectivity index (χ3n) is 4.18.